The van der Waals surface area contributed by atoms with Crippen molar-refractivity contribution in [2.45, 2.75) is 39.0 Å². The largest absolute Gasteiger partial charge is 0.207 e. The van der Waals surface area contributed by atoms with Crippen LogP contribution in [0, 0.1) is 36.1 Å². The fourth-order valence-corrected chi connectivity index (χ4v) is 3.39. The number of hydrogen-bond donors (Lipinski definition) is 0. The second-order valence-electron chi connectivity index (χ2n) is 6.39. The molecule has 1 atom stereocenters. The van der Waals surface area contributed by atoms with E-state index in [1.165, 1.54) is 24.3 Å². The lowest BCUT2D eigenvalue weighted by Crippen LogP contribution is -2.16. The van der Waals surface area contributed by atoms with E-state index in [1.54, 1.807) is 6.92 Å². The summed E-state index contributed by atoms with van der Waals surface area (Å²) in [5.74, 6) is -2.43. The molecule has 0 fully saturated rings. The van der Waals surface area contributed by atoms with E-state index in [-0.39, 0.29) is 11.5 Å². The highest BCUT2D eigenvalue weighted by atomic mass is 19.2. The quantitative estimate of drug-likeness (QED) is 0.674. The first kappa shape index (κ1) is 16.0. The Hall–Kier alpha value is -1.84. The van der Waals surface area contributed by atoms with Gasteiger partial charge in [-0.3, -0.25) is 0 Å². The zero-order chi connectivity index (χ0) is 16.6. The third kappa shape index (κ3) is 3.41. The highest BCUT2D eigenvalue weighted by Crippen LogP contribution is 2.30. The molecule has 0 amide bonds. The van der Waals surface area contributed by atoms with Gasteiger partial charge in [-0.1, -0.05) is 0 Å². The zero-order valence-electron chi connectivity index (χ0n) is 12.9. The Morgan fingerprint density at radius 1 is 0.870 bits per heavy atom. The van der Waals surface area contributed by atoms with Gasteiger partial charge in [-0.2, -0.15) is 0 Å². The van der Waals surface area contributed by atoms with Crippen LogP contribution in [-0.2, 0) is 19.3 Å². The smallest absolute Gasteiger partial charge is 0.159 e. The summed E-state index contributed by atoms with van der Waals surface area (Å²) >= 11 is 0. The molecular formula is C19H18F4. The second-order valence-corrected chi connectivity index (χ2v) is 6.39. The third-order valence-corrected chi connectivity index (χ3v) is 4.66. The number of benzene rings is 2. The molecule has 122 valence electrons. The number of rotatable bonds is 3. The van der Waals surface area contributed by atoms with Crippen molar-refractivity contribution in [3.8, 4) is 0 Å². The lowest BCUT2D eigenvalue weighted by molar-refractivity contribution is 0.413. The molecule has 0 bridgehead atoms. The summed E-state index contributed by atoms with van der Waals surface area (Å²) in [7, 11) is 0. The molecule has 0 radical (unpaired) electrons. The summed E-state index contributed by atoms with van der Waals surface area (Å²) in [4.78, 5) is 0. The van der Waals surface area contributed by atoms with E-state index in [0.29, 0.717) is 31.2 Å². The molecule has 0 N–H and O–H groups in total. The van der Waals surface area contributed by atoms with Crippen LogP contribution in [-0.4, -0.2) is 0 Å². The third-order valence-electron chi connectivity index (χ3n) is 4.66. The first-order valence-corrected chi connectivity index (χ1v) is 7.85. The van der Waals surface area contributed by atoms with Crippen LogP contribution in [0.1, 0.15) is 35.1 Å². The molecule has 0 nitrogen and oxygen atoms in total. The van der Waals surface area contributed by atoms with E-state index in [9.17, 15) is 17.6 Å². The fraction of sp³-hybridized carbons (Fsp3) is 0.368. The molecule has 1 aliphatic carbocycles. The van der Waals surface area contributed by atoms with Crippen LogP contribution in [0.15, 0.2) is 24.3 Å². The summed E-state index contributed by atoms with van der Waals surface area (Å²) < 4.78 is 54.3. The molecule has 0 aliphatic heterocycles. The van der Waals surface area contributed by atoms with Gasteiger partial charge < -0.3 is 0 Å². The van der Waals surface area contributed by atoms with Crippen LogP contribution in [0.4, 0.5) is 17.6 Å². The Balaban J connectivity index is 1.70. The average Bonchev–Trinajstić information content (AvgIpc) is 2.47. The number of halogens is 4. The predicted octanol–water partition coefficient (Wildman–Crippen LogP) is 5.29. The second kappa shape index (κ2) is 6.34. The molecule has 0 spiro atoms. The van der Waals surface area contributed by atoms with Crippen LogP contribution in [0.25, 0.3) is 0 Å². The Morgan fingerprint density at radius 2 is 1.48 bits per heavy atom. The van der Waals surface area contributed by atoms with Crippen LogP contribution in [0.5, 0.6) is 0 Å². The molecule has 0 heterocycles. The zero-order valence-corrected chi connectivity index (χ0v) is 12.9. The van der Waals surface area contributed by atoms with Crippen LogP contribution in [0.3, 0.4) is 0 Å². The maximum absolute atomic E-state index is 13.9. The van der Waals surface area contributed by atoms with Crippen LogP contribution >= 0.6 is 0 Å². The number of fused-ring (bicyclic) bond motifs is 1. The average molecular weight is 322 g/mol. The van der Waals surface area contributed by atoms with Crippen molar-refractivity contribution in [3.63, 3.8) is 0 Å². The molecular weight excluding hydrogens is 304 g/mol. The molecule has 4 heteroatoms. The molecule has 0 saturated carbocycles. The van der Waals surface area contributed by atoms with Crippen molar-refractivity contribution in [3.05, 3.63) is 69.8 Å². The van der Waals surface area contributed by atoms with Crippen molar-refractivity contribution in [1.29, 1.82) is 0 Å². The molecule has 0 aromatic heterocycles. The van der Waals surface area contributed by atoms with Gasteiger partial charge in [0.15, 0.2) is 11.6 Å². The Morgan fingerprint density at radius 3 is 2.13 bits per heavy atom. The number of aryl methyl sites for hydroxylation is 2. The number of hydrogen-bond acceptors (Lipinski definition) is 0. The summed E-state index contributed by atoms with van der Waals surface area (Å²) in [6.07, 6.45) is 3.09. The first-order valence-electron chi connectivity index (χ1n) is 7.85. The summed E-state index contributed by atoms with van der Waals surface area (Å²) in [5.41, 5.74) is 2.33. The van der Waals surface area contributed by atoms with E-state index < -0.39 is 23.3 Å². The van der Waals surface area contributed by atoms with Crippen LogP contribution in [0.2, 0.25) is 0 Å². The van der Waals surface area contributed by atoms with Gasteiger partial charge in [0, 0.05) is 5.56 Å². The van der Waals surface area contributed by atoms with E-state index in [1.807, 2.05) is 0 Å². The molecule has 3 rings (SSSR count). The molecule has 1 unspecified atom stereocenters. The van der Waals surface area contributed by atoms with E-state index in [2.05, 4.69) is 0 Å². The van der Waals surface area contributed by atoms with Gasteiger partial charge in [0.1, 0.15) is 11.6 Å². The van der Waals surface area contributed by atoms with Gasteiger partial charge >= 0.3 is 0 Å². The Labute approximate surface area is 133 Å². The fourth-order valence-electron chi connectivity index (χ4n) is 3.39. The van der Waals surface area contributed by atoms with Gasteiger partial charge in [0.05, 0.1) is 0 Å². The van der Waals surface area contributed by atoms with Crippen LogP contribution < -0.4 is 0 Å². The SMILES string of the molecule is Cc1cc(F)c(CCC2CCc3cc(F)c(F)cc3C2)c(F)c1. The predicted molar refractivity (Wildman–Crippen MR) is 81.3 cm³/mol. The standard InChI is InChI=1S/C19H18F4/c1-11-6-16(20)15(17(21)7-11)5-3-12-2-4-13-9-18(22)19(23)10-14(13)8-12/h6-7,9-10,12H,2-5,8H2,1H3. The Bertz CT molecular complexity index is 713. The maximum Gasteiger partial charge on any atom is 0.159 e. The first-order chi connectivity index (χ1) is 10.9. The van der Waals surface area contributed by atoms with Gasteiger partial charge in [0.2, 0.25) is 0 Å². The monoisotopic (exact) mass is 322 g/mol. The Kier molecular flexibility index (Phi) is 4.42. The topological polar surface area (TPSA) is 0 Å². The van der Waals surface area contributed by atoms with Crippen molar-refractivity contribution in [1.82, 2.24) is 0 Å². The minimum absolute atomic E-state index is 0.117. The highest BCUT2D eigenvalue weighted by molar-refractivity contribution is 5.31. The summed E-state index contributed by atoms with van der Waals surface area (Å²) in [6, 6.07) is 5.20. The van der Waals surface area contributed by atoms with E-state index >= 15 is 0 Å². The molecule has 23 heavy (non-hydrogen) atoms. The molecule has 2 aromatic carbocycles. The van der Waals surface area contributed by atoms with Crippen molar-refractivity contribution in [2.24, 2.45) is 5.92 Å². The van der Waals surface area contributed by atoms with Crippen molar-refractivity contribution < 1.29 is 17.6 Å². The van der Waals surface area contributed by atoms with Crippen molar-refractivity contribution in [2.75, 3.05) is 0 Å². The molecule has 2 aromatic rings. The van der Waals surface area contributed by atoms with Gasteiger partial charge in [-0.15, -0.1) is 0 Å². The van der Waals surface area contributed by atoms with Gasteiger partial charge in [-0.05, 0) is 85.9 Å². The van der Waals surface area contributed by atoms with E-state index in [0.717, 1.165) is 17.5 Å². The van der Waals surface area contributed by atoms with Crippen molar-refractivity contribution >= 4 is 0 Å². The lowest BCUT2D eigenvalue weighted by atomic mass is 9.81. The molecule has 1 aliphatic rings. The highest BCUT2D eigenvalue weighted by Gasteiger charge is 2.22. The summed E-state index contributed by atoms with van der Waals surface area (Å²) in [5, 5.41) is 0. The van der Waals surface area contributed by atoms with Gasteiger partial charge in [0.25, 0.3) is 0 Å². The minimum Gasteiger partial charge on any atom is -0.207 e. The lowest BCUT2D eigenvalue weighted by Gasteiger charge is -2.25. The minimum atomic E-state index is -0.833. The normalized spacial score (nSPS) is 17.2. The van der Waals surface area contributed by atoms with Gasteiger partial charge in [-0.25, -0.2) is 17.6 Å². The van der Waals surface area contributed by atoms with E-state index in [4.69, 9.17) is 0 Å². The molecule has 0 saturated heterocycles. The maximum atomic E-state index is 13.9. The summed E-state index contributed by atoms with van der Waals surface area (Å²) in [6.45, 7) is 1.65.